The highest BCUT2D eigenvalue weighted by Gasteiger charge is 2.27. The fourth-order valence-corrected chi connectivity index (χ4v) is 2.11. The molecule has 0 aromatic heterocycles. The number of carboxylic acids is 1. The van der Waals surface area contributed by atoms with Crippen LogP contribution < -0.4 is 10.8 Å². The van der Waals surface area contributed by atoms with Gasteiger partial charge in [-0.1, -0.05) is 30.3 Å². The van der Waals surface area contributed by atoms with Crippen molar-refractivity contribution in [3.8, 4) is 0 Å². The van der Waals surface area contributed by atoms with E-state index in [1.807, 2.05) is 30.3 Å². The predicted octanol–water partition coefficient (Wildman–Crippen LogP) is 0.966. The molecule has 0 fully saturated rings. The van der Waals surface area contributed by atoms with Gasteiger partial charge in [-0.25, -0.2) is 5.48 Å². The monoisotopic (exact) mass is 322 g/mol. The lowest BCUT2D eigenvalue weighted by Crippen LogP contribution is -2.44. The lowest BCUT2D eigenvalue weighted by Gasteiger charge is -2.22. The SMILES string of the molecule is CC(NC(=O)C(CC(=O)NO)Cc1ccccc1)C(C)C(=O)O. The van der Waals surface area contributed by atoms with Crippen LogP contribution in [0.25, 0.3) is 0 Å². The summed E-state index contributed by atoms with van der Waals surface area (Å²) in [6.45, 7) is 3.10. The number of carbonyl (C=O) groups excluding carboxylic acids is 2. The molecule has 0 aliphatic carbocycles. The van der Waals surface area contributed by atoms with Gasteiger partial charge in [-0.3, -0.25) is 19.6 Å². The number of nitrogens with one attached hydrogen (secondary N) is 2. The highest BCUT2D eigenvalue weighted by molar-refractivity contribution is 5.86. The number of carboxylic acid groups (broad SMARTS) is 1. The van der Waals surface area contributed by atoms with E-state index in [2.05, 4.69) is 5.32 Å². The molecule has 0 radical (unpaired) electrons. The van der Waals surface area contributed by atoms with Crippen molar-refractivity contribution in [2.24, 2.45) is 11.8 Å². The van der Waals surface area contributed by atoms with Crippen molar-refractivity contribution in [2.45, 2.75) is 32.7 Å². The Morgan fingerprint density at radius 2 is 1.74 bits per heavy atom. The summed E-state index contributed by atoms with van der Waals surface area (Å²) in [7, 11) is 0. The van der Waals surface area contributed by atoms with Crippen molar-refractivity contribution in [3.05, 3.63) is 35.9 Å². The highest BCUT2D eigenvalue weighted by atomic mass is 16.5. The molecule has 0 aliphatic heterocycles. The summed E-state index contributed by atoms with van der Waals surface area (Å²) in [5.74, 6) is -3.54. The number of aliphatic carboxylic acids is 1. The van der Waals surface area contributed by atoms with E-state index in [1.54, 1.807) is 6.92 Å². The van der Waals surface area contributed by atoms with Gasteiger partial charge >= 0.3 is 5.97 Å². The topological polar surface area (TPSA) is 116 Å². The van der Waals surface area contributed by atoms with Gasteiger partial charge in [-0.15, -0.1) is 0 Å². The fraction of sp³-hybridized carbons (Fsp3) is 0.438. The molecule has 0 saturated heterocycles. The fourth-order valence-electron chi connectivity index (χ4n) is 2.11. The summed E-state index contributed by atoms with van der Waals surface area (Å²) in [5.41, 5.74) is 2.39. The molecule has 0 saturated carbocycles. The van der Waals surface area contributed by atoms with Crippen LogP contribution in [0.4, 0.5) is 0 Å². The lowest BCUT2D eigenvalue weighted by molar-refractivity contribution is -0.142. The quantitative estimate of drug-likeness (QED) is 0.420. The molecule has 1 aromatic rings. The smallest absolute Gasteiger partial charge is 0.308 e. The van der Waals surface area contributed by atoms with E-state index in [0.29, 0.717) is 6.42 Å². The second-order valence-corrected chi connectivity index (χ2v) is 5.55. The largest absolute Gasteiger partial charge is 0.481 e. The summed E-state index contributed by atoms with van der Waals surface area (Å²) in [6, 6.07) is 8.59. The Hall–Kier alpha value is -2.41. The minimum atomic E-state index is -1.01. The number of benzene rings is 1. The van der Waals surface area contributed by atoms with Crippen LogP contribution in [0.5, 0.6) is 0 Å². The molecule has 0 bridgehead atoms. The van der Waals surface area contributed by atoms with E-state index in [1.165, 1.54) is 12.4 Å². The maximum atomic E-state index is 12.4. The first-order chi connectivity index (χ1) is 10.8. The van der Waals surface area contributed by atoms with Crippen molar-refractivity contribution in [1.29, 1.82) is 0 Å². The molecule has 126 valence electrons. The van der Waals surface area contributed by atoms with E-state index in [9.17, 15) is 14.4 Å². The summed E-state index contributed by atoms with van der Waals surface area (Å²) in [6.07, 6.45) is 0.125. The summed E-state index contributed by atoms with van der Waals surface area (Å²) in [4.78, 5) is 34.7. The number of rotatable bonds is 8. The molecular formula is C16H22N2O5. The van der Waals surface area contributed by atoms with E-state index >= 15 is 0 Å². The zero-order valence-corrected chi connectivity index (χ0v) is 13.2. The van der Waals surface area contributed by atoms with E-state index in [4.69, 9.17) is 10.3 Å². The minimum absolute atomic E-state index is 0.189. The molecule has 0 spiro atoms. The predicted molar refractivity (Wildman–Crippen MR) is 82.6 cm³/mol. The van der Waals surface area contributed by atoms with Gasteiger partial charge in [-0.2, -0.15) is 0 Å². The number of hydroxylamine groups is 1. The van der Waals surface area contributed by atoms with Crippen molar-refractivity contribution >= 4 is 17.8 Å². The minimum Gasteiger partial charge on any atom is -0.481 e. The maximum absolute atomic E-state index is 12.4. The van der Waals surface area contributed by atoms with Crippen molar-refractivity contribution in [1.82, 2.24) is 10.8 Å². The number of amides is 2. The number of hydrogen-bond donors (Lipinski definition) is 4. The molecule has 2 amide bonds. The Labute approximate surface area is 134 Å². The molecule has 1 aromatic carbocycles. The molecular weight excluding hydrogens is 300 g/mol. The van der Waals surface area contributed by atoms with Gasteiger partial charge in [0, 0.05) is 12.5 Å². The van der Waals surface area contributed by atoms with Gasteiger partial charge in [0.1, 0.15) is 0 Å². The average molecular weight is 322 g/mol. The molecule has 0 heterocycles. The first kappa shape index (κ1) is 18.6. The van der Waals surface area contributed by atoms with Crippen LogP contribution in [-0.2, 0) is 20.8 Å². The Morgan fingerprint density at radius 3 is 2.26 bits per heavy atom. The van der Waals surface area contributed by atoms with Gasteiger partial charge in [-0.05, 0) is 25.8 Å². The van der Waals surface area contributed by atoms with Gasteiger partial charge in [0.25, 0.3) is 0 Å². The van der Waals surface area contributed by atoms with Gasteiger partial charge in [0.05, 0.1) is 11.8 Å². The van der Waals surface area contributed by atoms with Crippen LogP contribution in [0.15, 0.2) is 30.3 Å². The molecule has 4 N–H and O–H groups in total. The molecule has 7 nitrogen and oxygen atoms in total. The third-order valence-corrected chi connectivity index (χ3v) is 3.76. The van der Waals surface area contributed by atoms with Crippen LogP contribution in [0, 0.1) is 11.8 Å². The zero-order valence-electron chi connectivity index (χ0n) is 13.2. The standard InChI is InChI=1S/C16H22N2O5/c1-10(16(21)22)11(2)17-15(20)13(9-14(19)18-23)8-12-6-4-3-5-7-12/h3-7,10-11,13,23H,8-9H2,1-2H3,(H,17,20)(H,18,19)(H,21,22). The van der Waals surface area contributed by atoms with E-state index in [0.717, 1.165) is 5.56 Å². The lowest BCUT2D eigenvalue weighted by atomic mass is 9.94. The second kappa shape index (κ2) is 8.89. The molecule has 0 aliphatic rings. The normalized spacial score (nSPS) is 14.4. The summed E-state index contributed by atoms with van der Waals surface area (Å²) < 4.78 is 0. The van der Waals surface area contributed by atoms with Gasteiger partial charge in [0.2, 0.25) is 11.8 Å². The number of carbonyl (C=O) groups is 3. The number of hydrogen-bond acceptors (Lipinski definition) is 4. The van der Waals surface area contributed by atoms with Crippen molar-refractivity contribution < 1.29 is 24.7 Å². The highest BCUT2D eigenvalue weighted by Crippen LogP contribution is 2.14. The third kappa shape index (κ3) is 6.07. The first-order valence-corrected chi connectivity index (χ1v) is 7.35. The maximum Gasteiger partial charge on any atom is 0.308 e. The molecule has 23 heavy (non-hydrogen) atoms. The van der Waals surface area contributed by atoms with E-state index in [-0.39, 0.29) is 6.42 Å². The van der Waals surface area contributed by atoms with Crippen LogP contribution in [0.1, 0.15) is 25.8 Å². The molecule has 1 rings (SSSR count). The molecule has 3 unspecified atom stereocenters. The van der Waals surface area contributed by atoms with Crippen molar-refractivity contribution in [3.63, 3.8) is 0 Å². The van der Waals surface area contributed by atoms with E-state index < -0.39 is 35.7 Å². The van der Waals surface area contributed by atoms with Crippen LogP contribution in [-0.4, -0.2) is 34.1 Å². The first-order valence-electron chi connectivity index (χ1n) is 7.35. The Balaban J connectivity index is 2.80. The van der Waals surface area contributed by atoms with Crippen LogP contribution in [0.2, 0.25) is 0 Å². The zero-order chi connectivity index (χ0) is 17.4. The van der Waals surface area contributed by atoms with Gasteiger partial charge in [0.15, 0.2) is 0 Å². The Morgan fingerprint density at radius 1 is 1.13 bits per heavy atom. The second-order valence-electron chi connectivity index (χ2n) is 5.55. The van der Waals surface area contributed by atoms with Crippen LogP contribution >= 0.6 is 0 Å². The third-order valence-electron chi connectivity index (χ3n) is 3.76. The average Bonchev–Trinajstić information content (AvgIpc) is 2.53. The van der Waals surface area contributed by atoms with Crippen LogP contribution in [0.3, 0.4) is 0 Å². The summed E-state index contributed by atoms with van der Waals surface area (Å²) in [5, 5.41) is 20.3. The molecule has 7 heteroatoms. The Bertz CT molecular complexity index is 547. The van der Waals surface area contributed by atoms with Crippen molar-refractivity contribution in [2.75, 3.05) is 0 Å². The van der Waals surface area contributed by atoms with Gasteiger partial charge < -0.3 is 10.4 Å². The Kier molecular flexibility index (Phi) is 7.21. The molecule has 3 atom stereocenters. The summed E-state index contributed by atoms with van der Waals surface area (Å²) >= 11 is 0.